The van der Waals surface area contributed by atoms with Gasteiger partial charge in [0.1, 0.15) is 0 Å². The number of carbonyl (C=O) groups excluding carboxylic acids is 1. The molecule has 2 aliphatic rings. The second-order valence-corrected chi connectivity index (χ2v) is 11.9. The second kappa shape index (κ2) is 10.0. The lowest BCUT2D eigenvalue weighted by Crippen LogP contribution is -2.48. The zero-order chi connectivity index (χ0) is 22.7. The van der Waals surface area contributed by atoms with Crippen LogP contribution in [0.1, 0.15) is 99.8 Å². The van der Waals surface area contributed by atoms with E-state index >= 15 is 0 Å². The van der Waals surface area contributed by atoms with Gasteiger partial charge in [-0.05, 0) is 73.0 Å². The summed E-state index contributed by atoms with van der Waals surface area (Å²) in [7, 11) is 0. The van der Waals surface area contributed by atoms with E-state index < -0.39 is 17.8 Å². The summed E-state index contributed by atoms with van der Waals surface area (Å²) in [4.78, 5) is 24.6. The van der Waals surface area contributed by atoms with Crippen LogP contribution < -0.4 is 0 Å². The fraction of sp³-hybridized carbons (Fsp3) is 0.923. The monoisotopic (exact) mass is 422 g/mol. The van der Waals surface area contributed by atoms with Gasteiger partial charge in [0, 0.05) is 0 Å². The van der Waals surface area contributed by atoms with Crippen LogP contribution in [0.15, 0.2) is 0 Å². The van der Waals surface area contributed by atoms with Crippen molar-refractivity contribution in [1.29, 1.82) is 0 Å². The molecule has 0 amide bonds. The lowest BCUT2D eigenvalue weighted by atomic mass is 9.51. The van der Waals surface area contributed by atoms with Crippen molar-refractivity contribution in [1.82, 2.24) is 0 Å². The number of carboxylic acid groups (broad SMARTS) is 1. The predicted molar refractivity (Wildman–Crippen MR) is 121 cm³/mol. The fourth-order valence-electron chi connectivity index (χ4n) is 6.83. The Labute approximate surface area is 184 Å². The van der Waals surface area contributed by atoms with Gasteiger partial charge in [0.2, 0.25) is 0 Å². The molecule has 0 aromatic heterocycles. The van der Waals surface area contributed by atoms with Crippen LogP contribution >= 0.6 is 0 Å². The van der Waals surface area contributed by atoms with Crippen LogP contribution in [0.2, 0.25) is 0 Å². The number of rotatable bonds is 7. The molecule has 1 N–H and O–H groups in total. The SMILES string of the molecule is CCCCC1C(COC(=O)C2CCC(C)CC2C(=O)O)CCC(C(C)(C)C)C1(C)C. The van der Waals surface area contributed by atoms with Crippen LogP contribution in [0.25, 0.3) is 0 Å². The summed E-state index contributed by atoms with van der Waals surface area (Å²) in [6, 6.07) is 0. The number of hydrogen-bond acceptors (Lipinski definition) is 3. The first-order valence-corrected chi connectivity index (χ1v) is 12.3. The van der Waals surface area contributed by atoms with Crippen LogP contribution in [-0.2, 0) is 14.3 Å². The predicted octanol–water partition coefficient (Wildman–Crippen LogP) is 6.57. The van der Waals surface area contributed by atoms with Gasteiger partial charge >= 0.3 is 11.9 Å². The molecule has 2 saturated carbocycles. The van der Waals surface area contributed by atoms with Crippen molar-refractivity contribution in [2.45, 2.75) is 99.8 Å². The minimum atomic E-state index is -0.851. The second-order valence-electron chi connectivity index (χ2n) is 11.9. The molecule has 6 unspecified atom stereocenters. The number of carbonyl (C=O) groups is 2. The maximum absolute atomic E-state index is 12.9. The van der Waals surface area contributed by atoms with Crippen molar-refractivity contribution in [3.8, 4) is 0 Å². The van der Waals surface area contributed by atoms with E-state index in [9.17, 15) is 14.7 Å². The Morgan fingerprint density at radius 2 is 1.73 bits per heavy atom. The van der Waals surface area contributed by atoms with Gasteiger partial charge < -0.3 is 9.84 Å². The van der Waals surface area contributed by atoms with E-state index in [2.05, 4.69) is 48.5 Å². The molecule has 2 rings (SSSR count). The van der Waals surface area contributed by atoms with Crippen molar-refractivity contribution >= 4 is 11.9 Å². The van der Waals surface area contributed by atoms with Gasteiger partial charge in [-0.25, -0.2) is 0 Å². The molecule has 4 heteroatoms. The molecule has 30 heavy (non-hydrogen) atoms. The Hall–Kier alpha value is -1.06. The van der Waals surface area contributed by atoms with Crippen molar-refractivity contribution < 1.29 is 19.4 Å². The number of unbranched alkanes of at least 4 members (excludes halogenated alkanes) is 1. The molecule has 174 valence electrons. The normalized spacial score (nSPS) is 34.4. The van der Waals surface area contributed by atoms with Crippen LogP contribution in [0, 0.1) is 46.3 Å². The van der Waals surface area contributed by atoms with Crippen LogP contribution in [-0.4, -0.2) is 23.7 Å². The smallest absolute Gasteiger partial charge is 0.309 e. The zero-order valence-electron chi connectivity index (χ0n) is 20.5. The van der Waals surface area contributed by atoms with E-state index in [1.54, 1.807) is 0 Å². The third kappa shape index (κ3) is 5.79. The standard InChI is InChI=1S/C26H46O4/c1-8-9-10-21-18(12-14-22(25(3,4)5)26(21,6)7)16-30-24(29)19-13-11-17(2)15-20(19)23(27)28/h17-22H,8-16H2,1-7H3,(H,27,28). The maximum Gasteiger partial charge on any atom is 0.309 e. The maximum atomic E-state index is 12.9. The first-order valence-electron chi connectivity index (χ1n) is 12.3. The number of ether oxygens (including phenoxy) is 1. The Morgan fingerprint density at radius 1 is 1.07 bits per heavy atom. The molecule has 0 radical (unpaired) electrons. The molecule has 0 aromatic carbocycles. The molecular weight excluding hydrogens is 376 g/mol. The molecule has 0 heterocycles. The highest BCUT2D eigenvalue weighted by molar-refractivity contribution is 5.81. The van der Waals surface area contributed by atoms with E-state index in [-0.39, 0.29) is 16.8 Å². The third-order valence-electron chi connectivity index (χ3n) is 8.34. The van der Waals surface area contributed by atoms with Gasteiger partial charge in [-0.2, -0.15) is 0 Å². The van der Waals surface area contributed by atoms with E-state index in [4.69, 9.17) is 4.74 Å². The minimum Gasteiger partial charge on any atom is -0.481 e. The summed E-state index contributed by atoms with van der Waals surface area (Å²) in [5, 5.41) is 9.60. The lowest BCUT2D eigenvalue weighted by Gasteiger charge is -2.54. The average molecular weight is 423 g/mol. The van der Waals surface area contributed by atoms with Crippen LogP contribution in [0.5, 0.6) is 0 Å². The minimum absolute atomic E-state index is 0.201. The zero-order valence-corrected chi connectivity index (χ0v) is 20.5. The summed E-state index contributed by atoms with van der Waals surface area (Å²) in [6.07, 6.45) is 7.95. The van der Waals surface area contributed by atoms with Crippen LogP contribution in [0.4, 0.5) is 0 Å². The molecule has 4 nitrogen and oxygen atoms in total. The summed E-state index contributed by atoms with van der Waals surface area (Å²) in [6.45, 7) is 16.7. The van der Waals surface area contributed by atoms with Gasteiger partial charge in [0.15, 0.2) is 0 Å². The van der Waals surface area contributed by atoms with E-state index in [1.807, 2.05) is 0 Å². The highest BCUT2D eigenvalue weighted by Gasteiger charge is 2.49. The number of carboxylic acids is 1. The summed E-state index contributed by atoms with van der Waals surface area (Å²) in [5.41, 5.74) is 0.468. The van der Waals surface area contributed by atoms with Gasteiger partial charge in [0.25, 0.3) is 0 Å². The number of hydrogen-bond donors (Lipinski definition) is 1. The summed E-state index contributed by atoms with van der Waals surface area (Å²) < 4.78 is 5.86. The quantitative estimate of drug-likeness (QED) is 0.471. The first-order chi connectivity index (χ1) is 13.9. The summed E-state index contributed by atoms with van der Waals surface area (Å²) >= 11 is 0. The van der Waals surface area contributed by atoms with Crippen molar-refractivity contribution in [3.63, 3.8) is 0 Å². The molecule has 2 aliphatic carbocycles. The van der Waals surface area contributed by atoms with Crippen molar-refractivity contribution in [2.24, 2.45) is 46.3 Å². The van der Waals surface area contributed by atoms with E-state index in [0.29, 0.717) is 43.1 Å². The highest BCUT2D eigenvalue weighted by atomic mass is 16.5. The Kier molecular flexibility index (Phi) is 8.43. The molecule has 6 atom stereocenters. The van der Waals surface area contributed by atoms with Crippen molar-refractivity contribution in [3.05, 3.63) is 0 Å². The fourth-order valence-corrected chi connectivity index (χ4v) is 6.83. The largest absolute Gasteiger partial charge is 0.481 e. The molecule has 2 fully saturated rings. The Balaban J connectivity index is 2.08. The number of esters is 1. The molecule has 0 spiro atoms. The lowest BCUT2D eigenvalue weighted by molar-refractivity contribution is -0.163. The molecular formula is C26H46O4. The topological polar surface area (TPSA) is 63.6 Å². The highest BCUT2D eigenvalue weighted by Crippen LogP contribution is 2.55. The van der Waals surface area contributed by atoms with E-state index in [0.717, 1.165) is 12.8 Å². The molecule has 0 bridgehead atoms. The average Bonchev–Trinajstić information content (AvgIpc) is 2.63. The number of aliphatic carboxylic acids is 1. The molecule has 0 aliphatic heterocycles. The van der Waals surface area contributed by atoms with Crippen molar-refractivity contribution in [2.75, 3.05) is 6.61 Å². The Morgan fingerprint density at radius 3 is 2.30 bits per heavy atom. The van der Waals surface area contributed by atoms with Gasteiger partial charge in [0.05, 0.1) is 18.4 Å². The van der Waals surface area contributed by atoms with Gasteiger partial charge in [-0.3, -0.25) is 9.59 Å². The van der Waals surface area contributed by atoms with Gasteiger partial charge in [-0.15, -0.1) is 0 Å². The Bertz CT molecular complexity index is 588. The molecule has 0 saturated heterocycles. The van der Waals surface area contributed by atoms with Crippen LogP contribution in [0.3, 0.4) is 0 Å². The first kappa shape index (κ1) is 25.2. The third-order valence-corrected chi connectivity index (χ3v) is 8.34. The van der Waals surface area contributed by atoms with E-state index in [1.165, 1.54) is 25.7 Å². The molecule has 0 aromatic rings. The summed E-state index contributed by atoms with van der Waals surface area (Å²) in [5.74, 6) is -0.283. The van der Waals surface area contributed by atoms with Gasteiger partial charge in [-0.1, -0.05) is 61.3 Å².